The summed E-state index contributed by atoms with van der Waals surface area (Å²) in [5, 5.41) is 6.93. The fraction of sp³-hybridized carbons (Fsp3) is 0.696. The zero-order valence-corrected chi connectivity index (χ0v) is 18.3. The van der Waals surface area contributed by atoms with Crippen LogP contribution in [0.1, 0.15) is 44.2 Å². The van der Waals surface area contributed by atoms with E-state index < -0.39 is 0 Å². The normalized spacial score (nSPS) is 21.9. The molecular formula is C23H39N5O. The minimum Gasteiger partial charge on any atom is -0.379 e. The van der Waals surface area contributed by atoms with Crippen LogP contribution >= 0.6 is 0 Å². The second-order valence-corrected chi connectivity index (χ2v) is 8.16. The lowest BCUT2D eigenvalue weighted by molar-refractivity contribution is 0.0341. The van der Waals surface area contributed by atoms with Gasteiger partial charge in [-0.2, -0.15) is 0 Å². The second kappa shape index (κ2) is 12.2. The third kappa shape index (κ3) is 7.28. The maximum atomic E-state index is 5.48. The van der Waals surface area contributed by atoms with E-state index in [0.717, 1.165) is 58.4 Å². The van der Waals surface area contributed by atoms with Crippen molar-refractivity contribution in [2.45, 2.75) is 52.2 Å². The highest BCUT2D eigenvalue weighted by atomic mass is 16.5. The van der Waals surface area contributed by atoms with E-state index in [1.54, 1.807) is 0 Å². The van der Waals surface area contributed by atoms with Gasteiger partial charge in [-0.1, -0.05) is 30.7 Å². The Morgan fingerprint density at radius 2 is 1.90 bits per heavy atom. The molecule has 2 fully saturated rings. The third-order valence-corrected chi connectivity index (χ3v) is 6.00. The zero-order chi connectivity index (χ0) is 20.3. The van der Waals surface area contributed by atoms with Gasteiger partial charge in [-0.3, -0.25) is 9.80 Å². The quantitative estimate of drug-likeness (QED) is 0.518. The lowest BCUT2D eigenvalue weighted by atomic mass is 10.0. The van der Waals surface area contributed by atoms with Crippen LogP contribution in [0.4, 0.5) is 0 Å². The number of guanidine groups is 1. The molecule has 1 unspecified atom stereocenters. The van der Waals surface area contributed by atoms with Gasteiger partial charge in [-0.05, 0) is 44.4 Å². The molecule has 2 heterocycles. The molecule has 0 saturated carbocycles. The van der Waals surface area contributed by atoms with Gasteiger partial charge in [0.15, 0.2) is 5.96 Å². The van der Waals surface area contributed by atoms with E-state index in [4.69, 9.17) is 9.73 Å². The molecular weight excluding hydrogens is 362 g/mol. The van der Waals surface area contributed by atoms with Gasteiger partial charge in [0.2, 0.25) is 0 Å². The molecule has 6 nitrogen and oxygen atoms in total. The third-order valence-electron chi connectivity index (χ3n) is 6.00. The molecule has 2 aliphatic heterocycles. The molecule has 3 rings (SSSR count). The molecule has 0 amide bonds. The number of nitrogens with zero attached hydrogens (tertiary/aromatic N) is 3. The summed E-state index contributed by atoms with van der Waals surface area (Å²) >= 11 is 0. The first kappa shape index (κ1) is 22.1. The summed E-state index contributed by atoms with van der Waals surface area (Å²) in [6.45, 7) is 14.0. The molecule has 6 heteroatoms. The molecule has 29 heavy (non-hydrogen) atoms. The Morgan fingerprint density at radius 3 is 2.66 bits per heavy atom. The predicted octanol–water partition coefficient (Wildman–Crippen LogP) is 2.45. The summed E-state index contributed by atoms with van der Waals surface area (Å²) in [5.41, 5.74) is 2.68. The maximum Gasteiger partial charge on any atom is 0.191 e. The van der Waals surface area contributed by atoms with E-state index >= 15 is 0 Å². The fourth-order valence-corrected chi connectivity index (χ4v) is 4.18. The predicted molar refractivity (Wildman–Crippen MR) is 120 cm³/mol. The highest BCUT2D eigenvalue weighted by molar-refractivity contribution is 5.79. The van der Waals surface area contributed by atoms with E-state index in [2.05, 4.69) is 58.5 Å². The smallest absolute Gasteiger partial charge is 0.191 e. The summed E-state index contributed by atoms with van der Waals surface area (Å²) in [7, 11) is 0. The van der Waals surface area contributed by atoms with E-state index in [9.17, 15) is 0 Å². The summed E-state index contributed by atoms with van der Waals surface area (Å²) in [4.78, 5) is 9.93. The SMILES string of the molecule is CCNC(=NCc1ccccc1CN1CCOCC1)NCCN1CCCCC1C. The van der Waals surface area contributed by atoms with E-state index in [1.165, 1.54) is 36.9 Å². The molecule has 0 aliphatic carbocycles. The number of rotatable bonds is 8. The molecule has 1 aromatic carbocycles. The Kier molecular flexibility index (Phi) is 9.25. The van der Waals surface area contributed by atoms with Crippen molar-refractivity contribution < 1.29 is 4.74 Å². The highest BCUT2D eigenvalue weighted by Gasteiger charge is 2.17. The van der Waals surface area contributed by atoms with E-state index in [-0.39, 0.29) is 0 Å². The molecule has 0 bridgehead atoms. The van der Waals surface area contributed by atoms with Gasteiger partial charge in [0.1, 0.15) is 0 Å². The standard InChI is InChI=1S/C23H39N5O/c1-3-24-23(25-11-13-28-12-7-6-8-20(28)2)26-18-21-9-4-5-10-22(21)19-27-14-16-29-17-15-27/h4-5,9-10,20H,3,6-8,11-19H2,1-2H3,(H2,24,25,26). The molecule has 0 aromatic heterocycles. The summed E-state index contributed by atoms with van der Waals surface area (Å²) in [6, 6.07) is 9.39. The van der Waals surface area contributed by atoms with Crippen LogP contribution in [0.3, 0.4) is 0 Å². The number of morpholine rings is 1. The van der Waals surface area contributed by atoms with Crippen LogP contribution in [0.25, 0.3) is 0 Å². The molecule has 2 N–H and O–H groups in total. The average molecular weight is 402 g/mol. The van der Waals surface area contributed by atoms with Gasteiger partial charge >= 0.3 is 0 Å². The monoisotopic (exact) mass is 401 g/mol. The topological polar surface area (TPSA) is 52.1 Å². The number of benzene rings is 1. The molecule has 2 saturated heterocycles. The van der Waals surface area contributed by atoms with Gasteiger partial charge in [0.05, 0.1) is 19.8 Å². The number of aliphatic imine (C=N–C) groups is 1. The van der Waals surface area contributed by atoms with Crippen molar-refractivity contribution in [3.05, 3.63) is 35.4 Å². The second-order valence-electron chi connectivity index (χ2n) is 8.16. The lowest BCUT2D eigenvalue weighted by Gasteiger charge is -2.33. The molecule has 0 radical (unpaired) electrons. The Labute approximate surface area is 176 Å². The van der Waals surface area contributed by atoms with Gasteiger partial charge in [-0.15, -0.1) is 0 Å². The van der Waals surface area contributed by atoms with Crippen molar-refractivity contribution >= 4 is 5.96 Å². The highest BCUT2D eigenvalue weighted by Crippen LogP contribution is 2.16. The minimum atomic E-state index is 0.704. The fourth-order valence-electron chi connectivity index (χ4n) is 4.18. The van der Waals surface area contributed by atoms with Crippen molar-refractivity contribution in [3.63, 3.8) is 0 Å². The first-order valence-electron chi connectivity index (χ1n) is 11.4. The lowest BCUT2D eigenvalue weighted by Crippen LogP contribution is -2.45. The van der Waals surface area contributed by atoms with Crippen LogP contribution in [-0.2, 0) is 17.8 Å². The van der Waals surface area contributed by atoms with Crippen LogP contribution in [-0.4, -0.2) is 74.3 Å². The van der Waals surface area contributed by atoms with Gasteiger partial charge in [-0.25, -0.2) is 4.99 Å². The van der Waals surface area contributed by atoms with Crippen molar-refractivity contribution in [1.29, 1.82) is 0 Å². The Hall–Kier alpha value is -1.63. The Balaban J connectivity index is 1.53. The van der Waals surface area contributed by atoms with Crippen molar-refractivity contribution in [2.24, 2.45) is 4.99 Å². The van der Waals surface area contributed by atoms with E-state index in [1.807, 2.05) is 0 Å². The zero-order valence-electron chi connectivity index (χ0n) is 18.3. The number of hydrogen-bond acceptors (Lipinski definition) is 4. The molecule has 162 valence electrons. The summed E-state index contributed by atoms with van der Waals surface area (Å²) < 4.78 is 5.48. The number of nitrogens with one attached hydrogen (secondary N) is 2. The van der Waals surface area contributed by atoms with Crippen LogP contribution < -0.4 is 10.6 Å². The van der Waals surface area contributed by atoms with Crippen molar-refractivity contribution in [3.8, 4) is 0 Å². The minimum absolute atomic E-state index is 0.704. The van der Waals surface area contributed by atoms with Gasteiger partial charge in [0.25, 0.3) is 0 Å². The Bertz CT molecular complexity index is 629. The van der Waals surface area contributed by atoms with Crippen LogP contribution in [0.2, 0.25) is 0 Å². The summed E-state index contributed by atoms with van der Waals surface area (Å²) in [5.74, 6) is 0.915. The first-order chi connectivity index (χ1) is 14.3. The largest absolute Gasteiger partial charge is 0.379 e. The number of likely N-dealkylation sites (tertiary alicyclic amines) is 1. The number of ether oxygens (including phenoxy) is 1. The van der Waals surface area contributed by atoms with Gasteiger partial charge in [0, 0.05) is 45.3 Å². The number of piperidine rings is 1. The molecule has 1 atom stereocenters. The van der Waals surface area contributed by atoms with Crippen LogP contribution in [0.5, 0.6) is 0 Å². The molecule has 1 aromatic rings. The average Bonchev–Trinajstić information content (AvgIpc) is 2.75. The van der Waals surface area contributed by atoms with Crippen LogP contribution in [0.15, 0.2) is 29.3 Å². The maximum absolute atomic E-state index is 5.48. The van der Waals surface area contributed by atoms with Crippen molar-refractivity contribution in [2.75, 3.05) is 52.5 Å². The Morgan fingerprint density at radius 1 is 1.10 bits per heavy atom. The molecule has 0 spiro atoms. The van der Waals surface area contributed by atoms with E-state index in [0.29, 0.717) is 12.6 Å². The van der Waals surface area contributed by atoms with Crippen LogP contribution in [0, 0.1) is 0 Å². The molecule has 2 aliphatic rings. The van der Waals surface area contributed by atoms with Gasteiger partial charge < -0.3 is 15.4 Å². The summed E-state index contributed by atoms with van der Waals surface area (Å²) in [6.07, 6.45) is 4.03. The first-order valence-corrected chi connectivity index (χ1v) is 11.4. The van der Waals surface area contributed by atoms with Crippen molar-refractivity contribution in [1.82, 2.24) is 20.4 Å². The number of hydrogen-bond donors (Lipinski definition) is 2.